The minimum absolute atomic E-state index is 0.190. The van der Waals surface area contributed by atoms with Gasteiger partial charge < -0.3 is 4.90 Å². The molecule has 0 aliphatic heterocycles. The highest BCUT2D eigenvalue weighted by Crippen LogP contribution is 2.47. The molecule has 4 aromatic carbocycles. The van der Waals surface area contributed by atoms with Crippen LogP contribution in [-0.2, 0) is 5.41 Å². The Morgan fingerprint density at radius 3 is 2.07 bits per heavy atom. The molecule has 1 heteroatoms. The smallest absolute Gasteiger partial charge is 0.0412 e. The summed E-state index contributed by atoms with van der Waals surface area (Å²) in [5.74, 6) is 0.345. The zero-order valence-corrected chi connectivity index (χ0v) is 28.9. The van der Waals surface area contributed by atoms with Crippen molar-refractivity contribution in [3.8, 4) is 0 Å². The van der Waals surface area contributed by atoms with E-state index in [0.717, 1.165) is 12.0 Å². The number of anilines is 1. The Kier molecular flexibility index (Phi) is 10.9. The lowest BCUT2D eigenvalue weighted by molar-refractivity contribution is 0.682. The molecule has 0 heterocycles. The van der Waals surface area contributed by atoms with Gasteiger partial charge in [0.2, 0.25) is 0 Å². The maximum Gasteiger partial charge on any atom is 0.0412 e. The highest BCUT2D eigenvalue weighted by molar-refractivity contribution is 5.95. The molecule has 0 N–H and O–H groups in total. The lowest BCUT2D eigenvalue weighted by Gasteiger charge is -2.35. The minimum atomic E-state index is -0.190. The Hall–Kier alpha value is -4.36. The molecule has 2 aliphatic carbocycles. The van der Waals surface area contributed by atoms with Crippen LogP contribution in [0.25, 0.3) is 21.9 Å². The van der Waals surface area contributed by atoms with Crippen molar-refractivity contribution in [2.75, 3.05) is 11.9 Å². The molecule has 2 aliphatic rings. The zero-order chi connectivity index (χ0) is 32.7. The second-order valence-electron chi connectivity index (χ2n) is 12.6. The SMILES string of the molecule is C=C1/C=C\C(C)/C(C)=C(/C(C)(C)c2cccc3cc(N(C)C4=CC=CC4)ccc23)c2ccccc21.CC.Cc1ccc(C)cc1. The third-order valence-corrected chi connectivity index (χ3v) is 9.16. The van der Waals surface area contributed by atoms with Gasteiger partial charge in [-0.25, -0.2) is 0 Å². The first-order valence-corrected chi connectivity index (χ1v) is 16.4. The molecular weight excluding hydrogens is 542 g/mol. The third kappa shape index (κ3) is 7.31. The quantitative estimate of drug-likeness (QED) is 0.227. The van der Waals surface area contributed by atoms with Crippen LogP contribution in [0.3, 0.4) is 0 Å². The summed E-state index contributed by atoms with van der Waals surface area (Å²) < 4.78 is 0. The normalized spacial score (nSPS) is 18.0. The van der Waals surface area contributed by atoms with Gasteiger partial charge in [0.05, 0.1) is 0 Å². The van der Waals surface area contributed by atoms with Crippen LogP contribution in [0.1, 0.15) is 75.8 Å². The predicted molar refractivity (Wildman–Crippen MR) is 201 cm³/mol. The monoisotopic (exact) mass is 593 g/mol. The molecule has 6 rings (SSSR count). The maximum atomic E-state index is 4.39. The van der Waals surface area contributed by atoms with Gasteiger partial charge in [-0.15, -0.1) is 0 Å². The first-order chi connectivity index (χ1) is 21.6. The van der Waals surface area contributed by atoms with E-state index in [2.05, 4.69) is 175 Å². The molecule has 1 atom stereocenters. The van der Waals surface area contributed by atoms with Crippen molar-refractivity contribution in [1.29, 1.82) is 0 Å². The fourth-order valence-electron chi connectivity index (χ4n) is 6.39. The van der Waals surface area contributed by atoms with Crippen molar-refractivity contribution in [1.82, 2.24) is 0 Å². The fraction of sp³-hybridized carbons (Fsp3) is 0.273. The molecule has 0 radical (unpaired) electrons. The number of aryl methyl sites for hydroxylation is 2. The van der Waals surface area contributed by atoms with Gasteiger partial charge in [0.25, 0.3) is 0 Å². The Balaban J connectivity index is 0.000000397. The molecule has 0 saturated carbocycles. The van der Waals surface area contributed by atoms with Gasteiger partial charge in [-0.05, 0) is 83.5 Å². The summed E-state index contributed by atoms with van der Waals surface area (Å²) in [7, 11) is 2.16. The molecule has 0 aromatic heterocycles. The molecule has 45 heavy (non-hydrogen) atoms. The highest BCUT2D eigenvalue weighted by atomic mass is 15.1. The van der Waals surface area contributed by atoms with Gasteiger partial charge in [-0.2, -0.15) is 0 Å². The number of hydrogen-bond acceptors (Lipinski definition) is 1. The number of nitrogens with zero attached hydrogens (tertiary/aromatic N) is 1. The molecular formula is C44H51N. The van der Waals surface area contributed by atoms with Gasteiger partial charge in [-0.3, -0.25) is 0 Å². The molecule has 1 nitrogen and oxygen atoms in total. The van der Waals surface area contributed by atoms with Crippen LogP contribution >= 0.6 is 0 Å². The Morgan fingerprint density at radius 1 is 0.800 bits per heavy atom. The molecule has 232 valence electrons. The van der Waals surface area contributed by atoms with Crippen molar-refractivity contribution in [2.24, 2.45) is 5.92 Å². The van der Waals surface area contributed by atoms with Crippen LogP contribution in [-0.4, -0.2) is 7.05 Å². The van der Waals surface area contributed by atoms with E-state index in [9.17, 15) is 0 Å². The van der Waals surface area contributed by atoms with E-state index < -0.39 is 0 Å². The summed E-state index contributed by atoms with van der Waals surface area (Å²) in [6, 6.07) is 30.9. The highest BCUT2D eigenvalue weighted by Gasteiger charge is 2.33. The molecule has 1 unspecified atom stereocenters. The summed E-state index contributed by atoms with van der Waals surface area (Å²) in [5.41, 5.74) is 12.8. The van der Waals surface area contributed by atoms with Crippen LogP contribution in [0.2, 0.25) is 0 Å². The molecule has 0 saturated heterocycles. The molecule has 0 bridgehead atoms. The average molecular weight is 594 g/mol. The van der Waals surface area contributed by atoms with E-state index in [0.29, 0.717) is 5.92 Å². The van der Waals surface area contributed by atoms with Crippen LogP contribution in [0.15, 0.2) is 133 Å². The number of fused-ring (bicyclic) bond motifs is 2. The van der Waals surface area contributed by atoms with Gasteiger partial charge in [0.1, 0.15) is 0 Å². The Bertz CT molecular complexity index is 1750. The van der Waals surface area contributed by atoms with Crippen LogP contribution in [0.4, 0.5) is 5.69 Å². The van der Waals surface area contributed by atoms with Crippen molar-refractivity contribution >= 4 is 27.6 Å². The average Bonchev–Trinajstić information content (AvgIpc) is 3.60. The standard InChI is InChI=1S/C34H35N.C8H10.C2H6/c1-23-18-19-24(2)29-15-9-10-16-31(29)33(25(23)3)34(4,5)32-17-11-12-26-22-28(20-21-30(26)32)35(6)27-13-7-8-14-27;1-7-3-5-8(2)6-4-7;1-2/h7-13,15-23H,2,14H2,1,3-6H3;3-6H,1-2H3;1-2H3/b19-18-,33-25+;;. The number of benzene rings is 4. The molecule has 0 amide bonds. The first kappa shape index (κ1) is 33.5. The number of allylic oxidation sites excluding steroid dienone is 8. The van der Waals surface area contributed by atoms with Crippen molar-refractivity contribution in [3.05, 3.63) is 161 Å². The first-order valence-electron chi connectivity index (χ1n) is 16.4. The van der Waals surface area contributed by atoms with Gasteiger partial charge in [-0.1, -0.05) is 155 Å². The topological polar surface area (TPSA) is 3.24 Å². The van der Waals surface area contributed by atoms with Crippen LogP contribution in [0, 0.1) is 19.8 Å². The van der Waals surface area contributed by atoms with E-state index in [4.69, 9.17) is 0 Å². The van der Waals surface area contributed by atoms with Crippen LogP contribution in [0.5, 0.6) is 0 Å². The second kappa shape index (κ2) is 14.6. The van der Waals surface area contributed by atoms with E-state index >= 15 is 0 Å². The van der Waals surface area contributed by atoms with Gasteiger partial charge in [0, 0.05) is 30.3 Å². The van der Waals surface area contributed by atoms with Crippen LogP contribution < -0.4 is 4.90 Å². The molecule has 4 aromatic rings. The third-order valence-electron chi connectivity index (χ3n) is 9.16. The van der Waals surface area contributed by atoms with E-state index in [1.54, 1.807) is 0 Å². The number of rotatable bonds is 4. The van der Waals surface area contributed by atoms with Crippen molar-refractivity contribution < 1.29 is 0 Å². The lowest BCUT2D eigenvalue weighted by Crippen LogP contribution is -2.23. The lowest BCUT2D eigenvalue weighted by atomic mass is 9.68. The van der Waals surface area contributed by atoms with E-state index in [1.165, 1.54) is 61.1 Å². The van der Waals surface area contributed by atoms with Gasteiger partial charge in [0.15, 0.2) is 0 Å². The zero-order valence-electron chi connectivity index (χ0n) is 28.9. The maximum absolute atomic E-state index is 4.39. The Labute approximate surface area is 273 Å². The Morgan fingerprint density at radius 2 is 1.44 bits per heavy atom. The van der Waals surface area contributed by atoms with E-state index in [-0.39, 0.29) is 5.41 Å². The van der Waals surface area contributed by atoms with Crippen molar-refractivity contribution in [2.45, 2.75) is 67.2 Å². The summed E-state index contributed by atoms with van der Waals surface area (Å²) in [6.45, 7) is 21.9. The number of hydrogen-bond donors (Lipinski definition) is 0. The summed E-state index contributed by atoms with van der Waals surface area (Å²) in [5, 5.41) is 2.59. The van der Waals surface area contributed by atoms with E-state index in [1.807, 2.05) is 13.8 Å². The molecule has 0 spiro atoms. The summed E-state index contributed by atoms with van der Waals surface area (Å²) in [4.78, 5) is 2.30. The summed E-state index contributed by atoms with van der Waals surface area (Å²) >= 11 is 0. The second-order valence-corrected chi connectivity index (χ2v) is 12.6. The van der Waals surface area contributed by atoms with Crippen molar-refractivity contribution in [3.63, 3.8) is 0 Å². The molecule has 0 fully saturated rings. The predicted octanol–water partition coefficient (Wildman–Crippen LogP) is 12.4. The van der Waals surface area contributed by atoms with Gasteiger partial charge >= 0.3 is 0 Å². The largest absolute Gasteiger partial charge is 0.348 e. The summed E-state index contributed by atoms with van der Waals surface area (Å²) in [6.07, 6.45) is 12.0. The minimum Gasteiger partial charge on any atom is -0.348 e. The fourth-order valence-corrected chi connectivity index (χ4v) is 6.39.